The smallest absolute Gasteiger partial charge is 0.147 e. The van der Waals surface area contributed by atoms with Gasteiger partial charge in [0.05, 0.1) is 17.3 Å². The monoisotopic (exact) mass is 218 g/mol. The first-order chi connectivity index (χ1) is 7.53. The van der Waals surface area contributed by atoms with Crippen LogP contribution in [0.2, 0.25) is 0 Å². The summed E-state index contributed by atoms with van der Waals surface area (Å²) in [5, 5.41) is 11.9. The lowest BCUT2D eigenvalue weighted by Gasteiger charge is -2.27. The Morgan fingerprint density at radius 1 is 1.44 bits per heavy atom. The van der Waals surface area contributed by atoms with Gasteiger partial charge in [-0.05, 0) is 50.8 Å². The van der Waals surface area contributed by atoms with E-state index in [0.29, 0.717) is 17.2 Å². The molecule has 1 fully saturated rings. The molecule has 3 heteroatoms. The van der Waals surface area contributed by atoms with Crippen LogP contribution in [0.1, 0.15) is 32.3 Å². The summed E-state index contributed by atoms with van der Waals surface area (Å²) in [5.41, 5.74) is 0.762. The summed E-state index contributed by atoms with van der Waals surface area (Å²) >= 11 is 0. The highest BCUT2D eigenvalue weighted by atomic mass is 19.1. The molecule has 1 aromatic rings. The number of hydrogen-bond donors (Lipinski definition) is 1. The Kier molecular flexibility index (Phi) is 2.59. The molecule has 0 atom stereocenters. The Morgan fingerprint density at radius 2 is 2.12 bits per heavy atom. The summed E-state index contributed by atoms with van der Waals surface area (Å²) in [6.45, 7) is 4.17. The second kappa shape index (κ2) is 3.79. The lowest BCUT2D eigenvalue weighted by Crippen LogP contribution is -2.33. The van der Waals surface area contributed by atoms with Crippen LogP contribution in [-0.2, 0) is 0 Å². The van der Waals surface area contributed by atoms with Gasteiger partial charge in [0.15, 0.2) is 0 Å². The van der Waals surface area contributed by atoms with Gasteiger partial charge in [-0.2, -0.15) is 5.26 Å². The minimum atomic E-state index is -0.354. The predicted octanol–water partition coefficient (Wildman–Crippen LogP) is 3.30. The number of nitrogens with zero attached hydrogens (tertiary/aromatic N) is 1. The van der Waals surface area contributed by atoms with Gasteiger partial charge in [-0.25, -0.2) is 4.39 Å². The fourth-order valence-electron chi connectivity index (χ4n) is 1.94. The predicted molar refractivity (Wildman–Crippen MR) is 61.5 cm³/mol. The maximum atomic E-state index is 13.6. The van der Waals surface area contributed by atoms with E-state index in [1.54, 1.807) is 12.1 Å². The van der Waals surface area contributed by atoms with Crippen LogP contribution in [-0.4, -0.2) is 5.54 Å². The van der Waals surface area contributed by atoms with Crippen molar-refractivity contribution >= 4 is 5.69 Å². The Labute approximate surface area is 95.1 Å². The molecule has 0 heterocycles. The van der Waals surface area contributed by atoms with Crippen molar-refractivity contribution in [1.29, 1.82) is 5.26 Å². The third kappa shape index (κ3) is 2.16. The van der Waals surface area contributed by atoms with E-state index in [2.05, 4.69) is 19.2 Å². The van der Waals surface area contributed by atoms with Crippen LogP contribution < -0.4 is 5.32 Å². The van der Waals surface area contributed by atoms with Crippen molar-refractivity contribution in [3.8, 4) is 6.07 Å². The third-order valence-electron chi connectivity index (χ3n) is 3.15. The van der Waals surface area contributed by atoms with E-state index >= 15 is 0 Å². The molecule has 1 aromatic carbocycles. The summed E-state index contributed by atoms with van der Waals surface area (Å²) in [6.07, 6.45) is 2.41. The Morgan fingerprint density at radius 3 is 2.62 bits per heavy atom. The zero-order chi connectivity index (χ0) is 11.8. The van der Waals surface area contributed by atoms with E-state index < -0.39 is 0 Å². The van der Waals surface area contributed by atoms with Gasteiger partial charge in [-0.3, -0.25) is 0 Å². The summed E-state index contributed by atoms with van der Waals surface area (Å²) in [4.78, 5) is 0. The highest BCUT2D eigenvalue weighted by molar-refractivity contribution is 5.50. The van der Waals surface area contributed by atoms with Crippen molar-refractivity contribution in [2.75, 3.05) is 5.32 Å². The second-order valence-electron chi connectivity index (χ2n) is 4.93. The topological polar surface area (TPSA) is 35.8 Å². The first kappa shape index (κ1) is 10.9. The number of nitrogens with one attached hydrogen (secondary N) is 1. The maximum absolute atomic E-state index is 13.6. The van der Waals surface area contributed by atoms with Gasteiger partial charge in [0.1, 0.15) is 5.82 Å². The lowest BCUT2D eigenvalue weighted by molar-refractivity contribution is 0.489. The molecule has 0 bridgehead atoms. The number of nitriles is 1. The van der Waals surface area contributed by atoms with Gasteiger partial charge < -0.3 is 5.32 Å². The van der Waals surface area contributed by atoms with Crippen LogP contribution in [0.3, 0.4) is 0 Å². The second-order valence-corrected chi connectivity index (χ2v) is 4.93. The quantitative estimate of drug-likeness (QED) is 0.845. The van der Waals surface area contributed by atoms with E-state index in [4.69, 9.17) is 5.26 Å². The van der Waals surface area contributed by atoms with Crippen molar-refractivity contribution in [2.45, 2.75) is 32.2 Å². The molecule has 1 aliphatic carbocycles. The molecule has 2 nitrogen and oxygen atoms in total. The van der Waals surface area contributed by atoms with E-state index in [9.17, 15) is 4.39 Å². The average molecular weight is 218 g/mol. The van der Waals surface area contributed by atoms with Gasteiger partial charge in [0.25, 0.3) is 0 Å². The number of rotatable bonds is 3. The zero-order valence-corrected chi connectivity index (χ0v) is 9.55. The van der Waals surface area contributed by atoms with E-state index in [1.165, 1.54) is 18.9 Å². The highest BCUT2D eigenvalue weighted by Crippen LogP contribution is 2.41. The summed E-state index contributed by atoms with van der Waals surface area (Å²) in [5.74, 6) is 0.273. The molecule has 0 aliphatic heterocycles. The zero-order valence-electron chi connectivity index (χ0n) is 9.55. The third-order valence-corrected chi connectivity index (χ3v) is 3.15. The van der Waals surface area contributed by atoms with E-state index in [0.717, 1.165) is 0 Å². The van der Waals surface area contributed by atoms with E-state index in [-0.39, 0.29) is 11.4 Å². The maximum Gasteiger partial charge on any atom is 0.147 e. The molecule has 0 radical (unpaired) electrons. The van der Waals surface area contributed by atoms with Gasteiger partial charge in [-0.15, -0.1) is 0 Å². The highest BCUT2D eigenvalue weighted by Gasteiger charge is 2.37. The van der Waals surface area contributed by atoms with Gasteiger partial charge in [0.2, 0.25) is 0 Å². The number of benzene rings is 1. The fraction of sp³-hybridized carbons (Fsp3) is 0.462. The van der Waals surface area contributed by atoms with Crippen molar-refractivity contribution in [3.63, 3.8) is 0 Å². The van der Waals surface area contributed by atoms with E-state index in [1.807, 2.05) is 6.07 Å². The van der Waals surface area contributed by atoms with Crippen LogP contribution in [0.5, 0.6) is 0 Å². The molecule has 0 saturated heterocycles. The standard InChI is InChI=1S/C13H15FN2/c1-13(2,10-4-5-10)16-12-6-3-9(8-15)7-11(12)14/h3,6-7,10,16H,4-5H2,1-2H3. The molecular formula is C13H15FN2. The van der Waals surface area contributed by atoms with Gasteiger partial charge in [-0.1, -0.05) is 0 Å². The Balaban J connectivity index is 2.18. The van der Waals surface area contributed by atoms with Crippen LogP contribution in [0.25, 0.3) is 0 Å². The molecule has 84 valence electrons. The summed E-state index contributed by atoms with van der Waals surface area (Å²) in [6, 6.07) is 6.46. The van der Waals surface area contributed by atoms with Gasteiger partial charge in [0, 0.05) is 5.54 Å². The summed E-state index contributed by atoms with van der Waals surface area (Å²) in [7, 11) is 0. The molecule has 0 amide bonds. The normalized spacial score (nSPS) is 15.6. The lowest BCUT2D eigenvalue weighted by atomic mass is 9.98. The number of hydrogen-bond acceptors (Lipinski definition) is 2. The fourth-order valence-corrected chi connectivity index (χ4v) is 1.94. The molecule has 0 unspecified atom stereocenters. The minimum Gasteiger partial charge on any atom is -0.378 e. The number of halogens is 1. The SMILES string of the molecule is CC(C)(Nc1ccc(C#N)cc1F)C1CC1. The molecule has 1 aliphatic rings. The molecule has 0 aromatic heterocycles. The Hall–Kier alpha value is -1.56. The van der Waals surface area contributed by atoms with Crippen molar-refractivity contribution in [3.05, 3.63) is 29.6 Å². The van der Waals surface area contributed by atoms with Crippen LogP contribution >= 0.6 is 0 Å². The summed E-state index contributed by atoms with van der Waals surface area (Å²) < 4.78 is 13.6. The minimum absolute atomic E-state index is 0.0744. The molecule has 2 rings (SSSR count). The molecule has 0 spiro atoms. The first-order valence-electron chi connectivity index (χ1n) is 5.51. The van der Waals surface area contributed by atoms with Crippen LogP contribution in [0, 0.1) is 23.1 Å². The average Bonchev–Trinajstić information content (AvgIpc) is 3.04. The van der Waals surface area contributed by atoms with Crippen LogP contribution in [0.15, 0.2) is 18.2 Å². The molecule has 1 saturated carbocycles. The molecule has 1 N–H and O–H groups in total. The van der Waals surface area contributed by atoms with Crippen molar-refractivity contribution < 1.29 is 4.39 Å². The largest absolute Gasteiger partial charge is 0.378 e. The van der Waals surface area contributed by atoms with Crippen LogP contribution in [0.4, 0.5) is 10.1 Å². The molecular weight excluding hydrogens is 203 g/mol. The van der Waals surface area contributed by atoms with Crippen molar-refractivity contribution in [1.82, 2.24) is 0 Å². The first-order valence-corrected chi connectivity index (χ1v) is 5.51. The van der Waals surface area contributed by atoms with Gasteiger partial charge >= 0.3 is 0 Å². The molecule has 16 heavy (non-hydrogen) atoms. The number of anilines is 1. The van der Waals surface area contributed by atoms with Crippen molar-refractivity contribution in [2.24, 2.45) is 5.92 Å². The Bertz CT molecular complexity index is 442.